The van der Waals surface area contributed by atoms with E-state index in [0.29, 0.717) is 5.92 Å². The van der Waals surface area contributed by atoms with Crippen LogP contribution in [0.5, 0.6) is 0 Å². The van der Waals surface area contributed by atoms with Crippen molar-refractivity contribution in [1.29, 1.82) is 0 Å². The number of aliphatic carboxylic acids is 1. The summed E-state index contributed by atoms with van der Waals surface area (Å²) in [4.78, 5) is 25.7. The fourth-order valence-electron chi connectivity index (χ4n) is 3.68. The first-order valence-corrected chi connectivity index (χ1v) is 8.14. The lowest BCUT2D eigenvalue weighted by Gasteiger charge is -2.42. The molecule has 2 aliphatic rings. The van der Waals surface area contributed by atoms with Crippen LogP contribution in [0.1, 0.15) is 46.0 Å². The molecule has 2 fully saturated rings. The molecule has 2 heterocycles. The van der Waals surface area contributed by atoms with Gasteiger partial charge < -0.3 is 15.3 Å². The molecule has 2 atom stereocenters. The largest absolute Gasteiger partial charge is 0.481 e. The average Bonchev–Trinajstić information content (AvgIpc) is 2.46. The number of carboxylic acid groups (broad SMARTS) is 1. The van der Waals surface area contributed by atoms with Crippen molar-refractivity contribution in [3.8, 4) is 0 Å². The molecule has 2 rings (SSSR count). The van der Waals surface area contributed by atoms with Gasteiger partial charge in [0.25, 0.3) is 0 Å². The first kappa shape index (κ1) is 16.3. The summed E-state index contributed by atoms with van der Waals surface area (Å²) in [5, 5.41) is 12.3. The number of hydrogen-bond acceptors (Lipinski definition) is 3. The third-order valence-corrected chi connectivity index (χ3v) is 5.27. The van der Waals surface area contributed by atoms with Crippen molar-refractivity contribution in [2.45, 2.75) is 46.0 Å². The van der Waals surface area contributed by atoms with Crippen LogP contribution >= 0.6 is 0 Å². The second kappa shape index (κ2) is 6.77. The van der Waals surface area contributed by atoms with Gasteiger partial charge in [-0.3, -0.25) is 9.59 Å². The van der Waals surface area contributed by atoms with Gasteiger partial charge in [0.15, 0.2) is 0 Å². The Hall–Kier alpha value is -1.10. The Bertz CT molecular complexity index is 391. The van der Waals surface area contributed by atoms with Gasteiger partial charge in [-0.05, 0) is 50.6 Å². The molecule has 0 aromatic carbocycles. The summed E-state index contributed by atoms with van der Waals surface area (Å²) in [6.07, 6.45) is 4.04. The molecule has 5 heteroatoms. The van der Waals surface area contributed by atoms with Crippen molar-refractivity contribution < 1.29 is 14.7 Å². The van der Waals surface area contributed by atoms with Gasteiger partial charge in [-0.25, -0.2) is 0 Å². The number of rotatable bonds is 4. The minimum absolute atomic E-state index is 0.138. The highest BCUT2D eigenvalue weighted by Gasteiger charge is 2.39. The molecule has 0 aromatic heterocycles. The summed E-state index contributed by atoms with van der Waals surface area (Å²) in [7, 11) is 0. The van der Waals surface area contributed by atoms with Gasteiger partial charge in [-0.1, -0.05) is 13.8 Å². The zero-order chi connectivity index (χ0) is 15.5. The fraction of sp³-hybridized carbons (Fsp3) is 0.875. The number of carbonyl (C=O) groups excluding carboxylic acids is 1. The Balaban J connectivity index is 1.96. The van der Waals surface area contributed by atoms with Crippen LogP contribution in [0.25, 0.3) is 0 Å². The molecule has 5 nitrogen and oxygen atoms in total. The average molecular weight is 296 g/mol. The molecule has 0 saturated carbocycles. The number of carboxylic acids is 1. The van der Waals surface area contributed by atoms with E-state index in [-0.39, 0.29) is 23.7 Å². The molecule has 21 heavy (non-hydrogen) atoms. The predicted octanol–water partition coefficient (Wildman–Crippen LogP) is 1.73. The van der Waals surface area contributed by atoms with E-state index in [0.717, 1.165) is 51.9 Å². The lowest BCUT2D eigenvalue weighted by molar-refractivity contribution is -0.145. The lowest BCUT2D eigenvalue weighted by atomic mass is 9.78. The van der Waals surface area contributed by atoms with Gasteiger partial charge in [-0.2, -0.15) is 0 Å². The number of carbonyl (C=O) groups is 2. The maximum absolute atomic E-state index is 12.8. The van der Waals surface area contributed by atoms with Crippen LogP contribution in [-0.4, -0.2) is 48.1 Å². The summed E-state index contributed by atoms with van der Waals surface area (Å²) in [5.41, 5.74) is -0.233. The van der Waals surface area contributed by atoms with E-state index in [2.05, 4.69) is 12.2 Å². The Morgan fingerprint density at radius 1 is 1.38 bits per heavy atom. The van der Waals surface area contributed by atoms with Crippen molar-refractivity contribution >= 4 is 11.9 Å². The van der Waals surface area contributed by atoms with E-state index < -0.39 is 5.97 Å². The zero-order valence-electron chi connectivity index (χ0n) is 13.2. The highest BCUT2D eigenvalue weighted by molar-refractivity contribution is 5.82. The van der Waals surface area contributed by atoms with Gasteiger partial charge in [-0.15, -0.1) is 0 Å². The Morgan fingerprint density at radius 2 is 2.05 bits per heavy atom. The smallest absolute Gasteiger partial charge is 0.303 e. The zero-order valence-corrected chi connectivity index (χ0v) is 13.2. The fourth-order valence-corrected chi connectivity index (χ4v) is 3.68. The Morgan fingerprint density at radius 3 is 2.67 bits per heavy atom. The van der Waals surface area contributed by atoms with Crippen LogP contribution in [-0.2, 0) is 9.59 Å². The van der Waals surface area contributed by atoms with E-state index in [1.807, 2.05) is 11.8 Å². The molecule has 2 N–H and O–H groups in total. The highest BCUT2D eigenvalue weighted by Crippen LogP contribution is 2.33. The quantitative estimate of drug-likeness (QED) is 0.829. The maximum Gasteiger partial charge on any atom is 0.303 e. The highest BCUT2D eigenvalue weighted by atomic mass is 16.4. The molecule has 2 saturated heterocycles. The van der Waals surface area contributed by atoms with Gasteiger partial charge in [0.05, 0.1) is 0 Å². The maximum atomic E-state index is 12.8. The monoisotopic (exact) mass is 296 g/mol. The molecule has 0 aromatic rings. The predicted molar refractivity (Wildman–Crippen MR) is 80.9 cm³/mol. The minimum atomic E-state index is -0.740. The number of nitrogens with zero attached hydrogens (tertiary/aromatic N) is 1. The Kier molecular flexibility index (Phi) is 5.25. The van der Waals surface area contributed by atoms with E-state index in [1.54, 1.807) is 0 Å². The van der Waals surface area contributed by atoms with E-state index in [4.69, 9.17) is 5.11 Å². The molecule has 0 aliphatic carbocycles. The third-order valence-electron chi connectivity index (χ3n) is 5.27. The van der Waals surface area contributed by atoms with Gasteiger partial charge in [0, 0.05) is 24.9 Å². The first-order chi connectivity index (χ1) is 9.92. The molecule has 120 valence electrons. The van der Waals surface area contributed by atoms with Crippen LogP contribution in [0.4, 0.5) is 0 Å². The number of piperidine rings is 2. The van der Waals surface area contributed by atoms with Gasteiger partial charge in [0.2, 0.25) is 5.91 Å². The van der Waals surface area contributed by atoms with Crippen LogP contribution in [0.15, 0.2) is 0 Å². The first-order valence-electron chi connectivity index (χ1n) is 8.14. The summed E-state index contributed by atoms with van der Waals surface area (Å²) in [5.74, 6) is -0.00413. The standard InChI is InChI=1S/C16H28N2O3/c1-12(10-14(19)20)13-4-3-9-18(11-13)15(21)16(2)5-7-17-8-6-16/h12-13,17H,3-11H2,1-2H3,(H,19,20). The Labute approximate surface area is 127 Å². The van der Waals surface area contributed by atoms with Crippen LogP contribution in [0, 0.1) is 17.3 Å². The summed E-state index contributed by atoms with van der Waals surface area (Å²) < 4.78 is 0. The molecule has 1 amide bonds. The van der Waals surface area contributed by atoms with Gasteiger partial charge in [0.1, 0.15) is 0 Å². The molecule has 0 bridgehead atoms. The van der Waals surface area contributed by atoms with Gasteiger partial charge >= 0.3 is 5.97 Å². The van der Waals surface area contributed by atoms with Crippen LogP contribution in [0.3, 0.4) is 0 Å². The van der Waals surface area contributed by atoms with E-state index >= 15 is 0 Å². The van der Waals surface area contributed by atoms with E-state index in [1.165, 1.54) is 0 Å². The van der Waals surface area contributed by atoms with Crippen molar-refractivity contribution in [2.24, 2.45) is 17.3 Å². The second-order valence-electron chi connectivity index (χ2n) is 7.04. The molecular weight excluding hydrogens is 268 g/mol. The minimum Gasteiger partial charge on any atom is -0.481 e. The number of likely N-dealkylation sites (tertiary alicyclic amines) is 1. The molecule has 0 spiro atoms. The summed E-state index contributed by atoms with van der Waals surface area (Å²) in [6.45, 7) is 7.47. The van der Waals surface area contributed by atoms with Crippen molar-refractivity contribution in [1.82, 2.24) is 10.2 Å². The molecule has 2 aliphatic heterocycles. The molecular formula is C16H28N2O3. The molecule has 0 radical (unpaired) electrons. The number of hydrogen-bond donors (Lipinski definition) is 2. The summed E-state index contributed by atoms with van der Waals surface area (Å²) in [6, 6.07) is 0. The van der Waals surface area contributed by atoms with Crippen molar-refractivity contribution in [3.63, 3.8) is 0 Å². The van der Waals surface area contributed by atoms with Crippen LogP contribution in [0.2, 0.25) is 0 Å². The lowest BCUT2D eigenvalue weighted by Crippen LogP contribution is -2.51. The number of amides is 1. The second-order valence-corrected chi connectivity index (χ2v) is 7.04. The van der Waals surface area contributed by atoms with Crippen molar-refractivity contribution in [2.75, 3.05) is 26.2 Å². The number of nitrogens with one attached hydrogen (secondary N) is 1. The van der Waals surface area contributed by atoms with Crippen LogP contribution < -0.4 is 5.32 Å². The normalized spacial score (nSPS) is 27.1. The topological polar surface area (TPSA) is 69.6 Å². The third kappa shape index (κ3) is 3.96. The SMILES string of the molecule is CC(CC(=O)O)C1CCCN(C(=O)C2(C)CCNCC2)C1. The van der Waals surface area contributed by atoms with E-state index in [9.17, 15) is 9.59 Å². The van der Waals surface area contributed by atoms with Crippen molar-refractivity contribution in [3.05, 3.63) is 0 Å². The summed E-state index contributed by atoms with van der Waals surface area (Å²) >= 11 is 0. The molecule has 2 unspecified atom stereocenters.